The summed E-state index contributed by atoms with van der Waals surface area (Å²) in [5, 5.41) is 0. The lowest BCUT2D eigenvalue weighted by Crippen LogP contribution is -2.46. The highest BCUT2D eigenvalue weighted by Gasteiger charge is 2.42. The van der Waals surface area contributed by atoms with Crippen LogP contribution in [-0.2, 0) is 39.6 Å². The van der Waals surface area contributed by atoms with Crippen LogP contribution < -0.4 is 0 Å². The van der Waals surface area contributed by atoms with Gasteiger partial charge in [-0.1, -0.05) is 48.0 Å². The molecule has 0 spiro atoms. The second-order valence-electron chi connectivity index (χ2n) is 7.38. The van der Waals surface area contributed by atoms with E-state index in [2.05, 4.69) is 0 Å². The first kappa shape index (κ1) is 26.3. The smallest absolute Gasteiger partial charge is 0.338 e. The summed E-state index contributed by atoms with van der Waals surface area (Å²) in [5.41, 5.74) is 0.471. The summed E-state index contributed by atoms with van der Waals surface area (Å²) in [6.07, 6.45) is 0.0865. The van der Waals surface area contributed by atoms with Gasteiger partial charge in [0.15, 0.2) is 5.60 Å². The quantitative estimate of drug-likeness (QED) is 0.240. The van der Waals surface area contributed by atoms with Crippen LogP contribution in [0.25, 0.3) is 0 Å². The first-order chi connectivity index (χ1) is 15.2. The lowest BCUT2D eigenvalue weighted by Gasteiger charge is -2.31. The molecule has 2 aromatic rings. The summed E-state index contributed by atoms with van der Waals surface area (Å²) < 4.78 is 53.8. The summed E-state index contributed by atoms with van der Waals surface area (Å²) in [6, 6.07) is 15.7. The normalized spacial score (nSPS) is 14.5. The number of hydrogen-bond acceptors (Lipinski definition) is 7. The van der Waals surface area contributed by atoms with Crippen molar-refractivity contribution in [2.45, 2.75) is 44.1 Å². The molecule has 0 fully saturated rings. The van der Waals surface area contributed by atoms with Crippen LogP contribution in [0.4, 0.5) is 0 Å². The van der Waals surface area contributed by atoms with Crippen molar-refractivity contribution < 1.29 is 31.4 Å². The van der Waals surface area contributed by atoms with Gasteiger partial charge in [-0.25, -0.2) is 4.79 Å². The Labute approximate surface area is 191 Å². The van der Waals surface area contributed by atoms with Crippen LogP contribution in [0, 0.1) is 6.92 Å². The van der Waals surface area contributed by atoms with Crippen LogP contribution >= 0.6 is 7.80 Å². The van der Waals surface area contributed by atoms with Gasteiger partial charge in [-0.05, 0) is 51.3 Å². The van der Waals surface area contributed by atoms with E-state index in [4.69, 9.17) is 13.7 Å². The molecule has 2 atom stereocenters. The maximum absolute atomic E-state index is 12.9. The molecule has 9 heteroatoms. The molecule has 176 valence electrons. The van der Waals surface area contributed by atoms with Gasteiger partial charge < -0.3 is 14.0 Å². The maximum atomic E-state index is 12.9. The summed E-state index contributed by atoms with van der Waals surface area (Å²) >= 11 is 0. The van der Waals surface area contributed by atoms with Gasteiger partial charge in [0.1, 0.15) is 14.1 Å². The average molecular weight is 483 g/mol. The van der Waals surface area contributed by atoms with E-state index in [1.54, 1.807) is 26.0 Å². The number of esters is 1. The van der Waals surface area contributed by atoms with Crippen LogP contribution in [0.15, 0.2) is 59.5 Å². The highest BCUT2D eigenvalue weighted by molar-refractivity contribution is 7.87. The average Bonchev–Trinajstić information content (AvgIpc) is 2.77. The Bertz CT molecular complexity index is 991. The molecular formula is C23H31O7PS. The number of aryl methyl sites for hydroxylation is 2. The fraction of sp³-hybridized carbons (Fsp3) is 0.435. The van der Waals surface area contributed by atoms with Crippen molar-refractivity contribution in [2.24, 2.45) is 0 Å². The Hall–Kier alpha value is -1.99. The van der Waals surface area contributed by atoms with Crippen molar-refractivity contribution in [1.29, 1.82) is 0 Å². The van der Waals surface area contributed by atoms with Crippen LogP contribution in [0.3, 0.4) is 0 Å². The molecule has 0 aromatic heterocycles. The van der Waals surface area contributed by atoms with Gasteiger partial charge >= 0.3 is 5.97 Å². The van der Waals surface area contributed by atoms with Crippen molar-refractivity contribution in [2.75, 3.05) is 25.7 Å². The predicted octanol–water partition coefficient (Wildman–Crippen LogP) is 4.19. The molecule has 0 radical (unpaired) electrons. The predicted molar refractivity (Wildman–Crippen MR) is 124 cm³/mol. The largest absolute Gasteiger partial charge is 0.464 e. The number of rotatable bonds is 13. The third-order valence-electron chi connectivity index (χ3n) is 4.90. The van der Waals surface area contributed by atoms with Gasteiger partial charge in [0, 0.05) is 12.8 Å². The Balaban J connectivity index is 2.14. The van der Waals surface area contributed by atoms with E-state index in [9.17, 15) is 17.8 Å². The molecule has 0 heterocycles. The zero-order valence-electron chi connectivity index (χ0n) is 18.7. The number of hydrogen-bond donors (Lipinski definition) is 0. The van der Waals surface area contributed by atoms with Gasteiger partial charge in [0.2, 0.25) is 0 Å². The van der Waals surface area contributed by atoms with Crippen molar-refractivity contribution >= 4 is 23.9 Å². The summed E-state index contributed by atoms with van der Waals surface area (Å²) in [7, 11) is -6.72. The molecule has 2 rings (SSSR count). The Morgan fingerprint density at radius 1 is 1.00 bits per heavy atom. The number of carbonyl (C=O) groups excluding carboxylic acids is 1. The molecule has 0 aliphatic heterocycles. The first-order valence-electron chi connectivity index (χ1n) is 10.6. The van der Waals surface area contributed by atoms with Crippen molar-refractivity contribution in [1.82, 2.24) is 0 Å². The van der Waals surface area contributed by atoms with Crippen LogP contribution in [-0.4, -0.2) is 45.7 Å². The first-order valence-corrected chi connectivity index (χ1v) is 13.8. The fourth-order valence-electron chi connectivity index (χ4n) is 3.26. The summed E-state index contributed by atoms with van der Waals surface area (Å²) in [6.45, 7) is 5.63. The molecule has 0 saturated carbocycles. The minimum atomic E-state index is -4.06. The second-order valence-corrected chi connectivity index (χ2v) is 10.7. The SMILES string of the molecule is CCOC(=O)C(CCc1ccccc1)(C[PH](=O)COS(=O)(=O)c1ccc(C)cc1)OCC. The molecule has 2 unspecified atom stereocenters. The van der Waals surface area contributed by atoms with E-state index in [1.807, 2.05) is 37.3 Å². The maximum Gasteiger partial charge on any atom is 0.338 e. The molecule has 0 aliphatic rings. The van der Waals surface area contributed by atoms with Gasteiger partial charge in [-0.2, -0.15) is 8.42 Å². The zero-order valence-corrected chi connectivity index (χ0v) is 20.5. The van der Waals surface area contributed by atoms with Gasteiger partial charge in [0.25, 0.3) is 10.1 Å². The highest BCUT2D eigenvalue weighted by Crippen LogP contribution is 2.34. The Kier molecular flexibility index (Phi) is 10.1. The van der Waals surface area contributed by atoms with E-state index >= 15 is 0 Å². The van der Waals surface area contributed by atoms with Crippen molar-refractivity contribution in [3.05, 3.63) is 65.7 Å². The lowest BCUT2D eigenvalue weighted by molar-refractivity contribution is -0.169. The molecule has 0 amide bonds. The minimum absolute atomic E-state index is 0.0107. The third kappa shape index (κ3) is 7.55. The standard InChI is InChI=1S/C23H31O7PS/c1-4-28-22(24)23(29-5-2,16-15-20-9-7-6-8-10-20)17-31(25)18-30-32(26,27)21-13-11-19(3)12-14-21/h6-14,31H,4-5,15-18H2,1-3H3. The molecule has 2 aromatic carbocycles. The molecular weight excluding hydrogens is 451 g/mol. The number of carbonyl (C=O) groups is 1. The van der Waals surface area contributed by atoms with E-state index in [0.29, 0.717) is 6.42 Å². The van der Waals surface area contributed by atoms with E-state index < -0.39 is 35.8 Å². The van der Waals surface area contributed by atoms with E-state index in [-0.39, 0.29) is 30.7 Å². The van der Waals surface area contributed by atoms with Crippen LogP contribution in [0.5, 0.6) is 0 Å². The summed E-state index contributed by atoms with van der Waals surface area (Å²) in [5.74, 6) is -0.600. The van der Waals surface area contributed by atoms with E-state index in [1.165, 1.54) is 12.1 Å². The molecule has 0 N–H and O–H groups in total. The van der Waals surface area contributed by atoms with Crippen LogP contribution in [0.1, 0.15) is 31.4 Å². The molecule has 32 heavy (non-hydrogen) atoms. The third-order valence-corrected chi connectivity index (χ3v) is 7.81. The fourth-order valence-corrected chi connectivity index (χ4v) is 6.17. The number of benzene rings is 2. The van der Waals surface area contributed by atoms with Crippen molar-refractivity contribution in [3.63, 3.8) is 0 Å². The highest BCUT2D eigenvalue weighted by atomic mass is 32.2. The molecule has 0 saturated heterocycles. The van der Waals surface area contributed by atoms with E-state index in [0.717, 1.165) is 11.1 Å². The van der Waals surface area contributed by atoms with Gasteiger partial charge in [0.05, 0.1) is 11.5 Å². The zero-order chi connectivity index (χ0) is 23.6. The topological polar surface area (TPSA) is 96.0 Å². The molecule has 0 bridgehead atoms. The molecule has 7 nitrogen and oxygen atoms in total. The van der Waals surface area contributed by atoms with Gasteiger partial charge in [-0.15, -0.1) is 0 Å². The lowest BCUT2D eigenvalue weighted by atomic mass is 9.96. The minimum Gasteiger partial charge on any atom is -0.464 e. The van der Waals surface area contributed by atoms with Gasteiger partial charge in [-0.3, -0.25) is 4.18 Å². The number of ether oxygens (including phenoxy) is 2. The Morgan fingerprint density at radius 2 is 1.66 bits per heavy atom. The monoisotopic (exact) mass is 482 g/mol. The van der Waals surface area contributed by atoms with Crippen LogP contribution in [0.2, 0.25) is 0 Å². The Morgan fingerprint density at radius 3 is 2.25 bits per heavy atom. The van der Waals surface area contributed by atoms with Crippen molar-refractivity contribution in [3.8, 4) is 0 Å². The summed E-state index contributed by atoms with van der Waals surface area (Å²) in [4.78, 5) is 12.8. The molecule has 0 aliphatic carbocycles. The second kappa shape index (κ2) is 12.3.